The monoisotopic (exact) mass is 323 g/mol. The summed E-state index contributed by atoms with van der Waals surface area (Å²) in [6, 6.07) is 8.22. The maximum Gasteiger partial charge on any atom is 0.243 e. The molecule has 0 aliphatic carbocycles. The number of nitrogens with zero attached hydrogens (tertiary/aromatic N) is 3. The molecule has 1 aromatic rings. The zero-order valence-electron chi connectivity index (χ0n) is 11.5. The van der Waals surface area contributed by atoms with Crippen LogP contribution in [0.5, 0.6) is 0 Å². The molecular weight excluding hydrogens is 310 g/mol. The first kappa shape index (κ1) is 15.8. The molecule has 0 radical (unpaired) electrons. The third-order valence-electron chi connectivity index (χ3n) is 3.79. The van der Waals surface area contributed by atoms with E-state index in [0.717, 1.165) is 0 Å². The summed E-state index contributed by atoms with van der Waals surface area (Å²) in [5.41, 5.74) is -0.222. The van der Waals surface area contributed by atoms with Crippen molar-refractivity contribution in [1.82, 2.24) is 4.31 Å². The van der Waals surface area contributed by atoms with Crippen LogP contribution < -0.4 is 0 Å². The first-order chi connectivity index (χ1) is 9.82. The minimum Gasteiger partial charge on any atom is -0.207 e. The highest BCUT2D eigenvalue weighted by Crippen LogP contribution is 2.33. The second-order valence-electron chi connectivity index (χ2n) is 5.33. The number of piperidine rings is 1. The molecule has 0 bridgehead atoms. The molecule has 5 nitrogen and oxygen atoms in total. The second-order valence-corrected chi connectivity index (χ2v) is 7.68. The highest BCUT2D eigenvalue weighted by Gasteiger charge is 2.35. The van der Waals surface area contributed by atoms with Gasteiger partial charge in [0.15, 0.2) is 0 Å². The van der Waals surface area contributed by atoms with E-state index < -0.39 is 15.4 Å². The number of benzene rings is 1. The molecule has 7 heteroatoms. The van der Waals surface area contributed by atoms with Gasteiger partial charge >= 0.3 is 0 Å². The van der Waals surface area contributed by atoms with Crippen LogP contribution in [0.1, 0.15) is 25.3 Å². The normalized spacial score (nSPS) is 18.7. The largest absolute Gasteiger partial charge is 0.243 e. The molecule has 1 fully saturated rings. The molecule has 2 rings (SSSR count). The van der Waals surface area contributed by atoms with E-state index in [1.165, 1.54) is 22.5 Å². The molecule has 110 valence electrons. The van der Waals surface area contributed by atoms with E-state index in [1.807, 2.05) is 13.0 Å². The first-order valence-electron chi connectivity index (χ1n) is 6.43. The fourth-order valence-corrected chi connectivity index (χ4v) is 3.98. The minimum atomic E-state index is -3.64. The molecule has 1 aromatic carbocycles. The van der Waals surface area contributed by atoms with Gasteiger partial charge in [0.2, 0.25) is 10.0 Å². The summed E-state index contributed by atoms with van der Waals surface area (Å²) in [4.78, 5) is 0.0760. The van der Waals surface area contributed by atoms with Gasteiger partial charge in [0, 0.05) is 13.1 Å². The third kappa shape index (κ3) is 3.03. The van der Waals surface area contributed by atoms with Crippen molar-refractivity contribution >= 4 is 21.6 Å². The zero-order chi connectivity index (χ0) is 15.7. The van der Waals surface area contributed by atoms with Crippen LogP contribution in [0.15, 0.2) is 23.1 Å². The third-order valence-corrected chi connectivity index (χ3v) is 6.00. The van der Waals surface area contributed by atoms with E-state index in [9.17, 15) is 8.42 Å². The second kappa shape index (κ2) is 5.65. The van der Waals surface area contributed by atoms with E-state index in [-0.39, 0.29) is 15.5 Å². The average molecular weight is 324 g/mol. The highest BCUT2D eigenvalue weighted by molar-refractivity contribution is 7.89. The van der Waals surface area contributed by atoms with Gasteiger partial charge in [-0.15, -0.1) is 0 Å². The lowest BCUT2D eigenvalue weighted by Crippen LogP contribution is -2.41. The molecule has 0 amide bonds. The van der Waals surface area contributed by atoms with Crippen molar-refractivity contribution in [3.8, 4) is 12.1 Å². The fraction of sp³-hybridized carbons (Fsp3) is 0.429. The van der Waals surface area contributed by atoms with Crippen LogP contribution in [-0.2, 0) is 10.0 Å². The Morgan fingerprint density at radius 2 is 1.90 bits per heavy atom. The van der Waals surface area contributed by atoms with Gasteiger partial charge in [0.05, 0.1) is 27.0 Å². The van der Waals surface area contributed by atoms with Crippen molar-refractivity contribution in [2.45, 2.75) is 24.7 Å². The van der Waals surface area contributed by atoms with Crippen LogP contribution in [0.4, 0.5) is 0 Å². The summed E-state index contributed by atoms with van der Waals surface area (Å²) in [6.45, 7) is 2.46. The Morgan fingerprint density at radius 1 is 1.29 bits per heavy atom. The predicted molar refractivity (Wildman–Crippen MR) is 77.9 cm³/mol. The molecule has 0 N–H and O–H groups in total. The standard InChI is InChI=1S/C14H14ClN3O2S/c1-14(10-17)4-6-18(7-5-14)21(19,20)12-3-2-11(9-16)13(15)8-12/h2-3,8H,4-7H2,1H3. The predicted octanol–water partition coefficient (Wildman–Crippen LogP) is 2.53. The van der Waals surface area contributed by atoms with Crippen molar-refractivity contribution in [3.05, 3.63) is 28.8 Å². The molecule has 1 saturated heterocycles. The molecule has 0 saturated carbocycles. The van der Waals surface area contributed by atoms with Crippen LogP contribution >= 0.6 is 11.6 Å². The maximum atomic E-state index is 12.5. The lowest BCUT2D eigenvalue weighted by molar-refractivity contribution is 0.232. The molecule has 0 unspecified atom stereocenters. The summed E-state index contributed by atoms with van der Waals surface area (Å²) < 4.78 is 26.4. The minimum absolute atomic E-state index is 0.0760. The lowest BCUT2D eigenvalue weighted by atomic mass is 9.83. The van der Waals surface area contributed by atoms with E-state index in [0.29, 0.717) is 25.9 Å². The summed E-state index contributed by atoms with van der Waals surface area (Å²) in [6.07, 6.45) is 1.01. The number of rotatable bonds is 2. The average Bonchev–Trinajstić information content (AvgIpc) is 2.47. The fourth-order valence-electron chi connectivity index (χ4n) is 2.23. The molecule has 1 aliphatic heterocycles. The Bertz CT molecular complexity index is 738. The summed E-state index contributed by atoms with van der Waals surface area (Å²) in [5.74, 6) is 0. The van der Waals surface area contributed by atoms with Crippen molar-refractivity contribution in [2.24, 2.45) is 5.41 Å². The van der Waals surface area contributed by atoms with Gasteiger partial charge in [0.1, 0.15) is 6.07 Å². The lowest BCUT2D eigenvalue weighted by Gasteiger charge is -2.34. The summed E-state index contributed by atoms with van der Waals surface area (Å²) in [7, 11) is -3.64. The SMILES string of the molecule is CC1(C#N)CCN(S(=O)(=O)c2ccc(C#N)c(Cl)c2)CC1. The van der Waals surface area contributed by atoms with Crippen molar-refractivity contribution in [3.63, 3.8) is 0 Å². The van der Waals surface area contributed by atoms with Crippen LogP contribution in [0.3, 0.4) is 0 Å². The number of halogens is 1. The number of hydrogen-bond donors (Lipinski definition) is 0. The molecule has 1 aliphatic rings. The molecule has 0 spiro atoms. The van der Waals surface area contributed by atoms with Gasteiger partial charge in [-0.2, -0.15) is 14.8 Å². The summed E-state index contributed by atoms with van der Waals surface area (Å²) >= 11 is 5.89. The molecular formula is C14H14ClN3O2S. The number of sulfonamides is 1. The Labute approximate surface area is 129 Å². The Morgan fingerprint density at radius 3 is 2.38 bits per heavy atom. The molecule has 0 aromatic heterocycles. The molecule has 21 heavy (non-hydrogen) atoms. The summed E-state index contributed by atoms with van der Waals surface area (Å²) in [5, 5.41) is 18.0. The Balaban J connectivity index is 2.26. The van der Waals surface area contributed by atoms with Crippen LogP contribution in [-0.4, -0.2) is 25.8 Å². The van der Waals surface area contributed by atoms with Crippen molar-refractivity contribution in [1.29, 1.82) is 10.5 Å². The van der Waals surface area contributed by atoms with Crippen LogP contribution in [0.2, 0.25) is 5.02 Å². The van der Waals surface area contributed by atoms with E-state index in [1.54, 1.807) is 0 Å². The molecule has 0 atom stereocenters. The van der Waals surface area contributed by atoms with Crippen LogP contribution in [0.25, 0.3) is 0 Å². The first-order valence-corrected chi connectivity index (χ1v) is 8.25. The topological polar surface area (TPSA) is 85.0 Å². The van der Waals surface area contributed by atoms with Gasteiger partial charge in [-0.3, -0.25) is 0 Å². The van der Waals surface area contributed by atoms with E-state index >= 15 is 0 Å². The number of nitriles is 2. The van der Waals surface area contributed by atoms with Gasteiger partial charge in [-0.05, 0) is 38.0 Å². The zero-order valence-corrected chi connectivity index (χ0v) is 13.1. The highest BCUT2D eigenvalue weighted by atomic mass is 35.5. The number of hydrogen-bond acceptors (Lipinski definition) is 4. The van der Waals surface area contributed by atoms with Gasteiger partial charge < -0.3 is 0 Å². The van der Waals surface area contributed by atoms with E-state index in [4.69, 9.17) is 22.1 Å². The maximum absolute atomic E-state index is 12.5. The molecule has 1 heterocycles. The van der Waals surface area contributed by atoms with Gasteiger partial charge in [-0.1, -0.05) is 11.6 Å². The van der Waals surface area contributed by atoms with Crippen LogP contribution in [0, 0.1) is 28.1 Å². The van der Waals surface area contributed by atoms with Gasteiger partial charge in [0.25, 0.3) is 0 Å². The van der Waals surface area contributed by atoms with E-state index in [2.05, 4.69) is 6.07 Å². The van der Waals surface area contributed by atoms with Crippen molar-refractivity contribution in [2.75, 3.05) is 13.1 Å². The smallest absolute Gasteiger partial charge is 0.207 e. The van der Waals surface area contributed by atoms with Gasteiger partial charge in [-0.25, -0.2) is 8.42 Å². The Kier molecular flexibility index (Phi) is 4.25. The Hall–Kier alpha value is -1.60. The van der Waals surface area contributed by atoms with Crippen molar-refractivity contribution < 1.29 is 8.42 Å². The quantitative estimate of drug-likeness (QED) is 0.837.